The Morgan fingerprint density at radius 1 is 1.29 bits per heavy atom. The van der Waals surface area contributed by atoms with Gasteiger partial charge in [-0.3, -0.25) is 14.3 Å². The van der Waals surface area contributed by atoms with Crippen molar-refractivity contribution in [2.24, 2.45) is 7.05 Å². The van der Waals surface area contributed by atoms with Crippen LogP contribution < -0.4 is 5.56 Å². The first-order chi connectivity index (χ1) is 11.5. The Labute approximate surface area is 141 Å². The number of aryl methyl sites for hydroxylation is 3. The second-order valence-electron chi connectivity index (χ2n) is 6.62. The molecule has 0 aromatic carbocycles. The van der Waals surface area contributed by atoms with Gasteiger partial charge < -0.3 is 9.47 Å². The van der Waals surface area contributed by atoms with Crippen molar-refractivity contribution in [3.63, 3.8) is 0 Å². The van der Waals surface area contributed by atoms with Crippen LogP contribution in [0.1, 0.15) is 41.0 Å². The Morgan fingerprint density at radius 2 is 2.08 bits per heavy atom. The fraction of sp³-hybridized carbons (Fsp3) is 0.500. The quantitative estimate of drug-likeness (QED) is 0.864. The van der Waals surface area contributed by atoms with E-state index in [1.54, 1.807) is 19.3 Å². The summed E-state index contributed by atoms with van der Waals surface area (Å²) in [4.78, 5) is 26.6. The van der Waals surface area contributed by atoms with Gasteiger partial charge in [-0.2, -0.15) is 5.10 Å². The van der Waals surface area contributed by atoms with E-state index in [1.165, 1.54) is 10.6 Å². The number of nitrogens with zero attached hydrogens (tertiary/aromatic N) is 4. The highest BCUT2D eigenvalue weighted by Crippen LogP contribution is 2.21. The molecule has 1 aliphatic heterocycles. The Hall–Kier alpha value is -2.37. The first-order valence-electron chi connectivity index (χ1n) is 8.44. The Kier molecular flexibility index (Phi) is 4.55. The van der Waals surface area contributed by atoms with Crippen LogP contribution in [0, 0.1) is 13.8 Å². The molecule has 1 saturated heterocycles. The van der Waals surface area contributed by atoms with Gasteiger partial charge in [0.1, 0.15) is 0 Å². The standard InChI is InChI=1S/C18H24N4O2/c1-13-10-14(2)22(19-13)12-16-6-4-5-8-21(16)18(24)15-7-9-20(3)17(23)11-15/h7,9-11,16H,4-6,8,12H2,1-3H3/t16-/m1/s1. The summed E-state index contributed by atoms with van der Waals surface area (Å²) in [5.74, 6) is -0.0565. The molecule has 0 unspecified atom stereocenters. The second-order valence-corrected chi connectivity index (χ2v) is 6.62. The summed E-state index contributed by atoms with van der Waals surface area (Å²) in [6, 6.07) is 5.32. The fourth-order valence-electron chi connectivity index (χ4n) is 3.36. The molecule has 6 heteroatoms. The van der Waals surface area contributed by atoms with Crippen LogP contribution in [0.2, 0.25) is 0 Å². The van der Waals surface area contributed by atoms with Gasteiger partial charge in [0.2, 0.25) is 0 Å². The summed E-state index contributed by atoms with van der Waals surface area (Å²) in [6.45, 7) is 5.46. The smallest absolute Gasteiger partial charge is 0.254 e. The van der Waals surface area contributed by atoms with Gasteiger partial charge in [0.05, 0.1) is 18.3 Å². The number of hydrogen-bond acceptors (Lipinski definition) is 3. The largest absolute Gasteiger partial charge is 0.334 e. The molecule has 1 amide bonds. The summed E-state index contributed by atoms with van der Waals surface area (Å²) >= 11 is 0. The van der Waals surface area contributed by atoms with Crippen molar-refractivity contribution in [2.75, 3.05) is 6.54 Å². The predicted octanol–water partition coefficient (Wildman–Crippen LogP) is 1.89. The maximum absolute atomic E-state index is 12.9. The SMILES string of the molecule is Cc1cc(C)n(C[C@H]2CCCCN2C(=O)c2ccn(C)c(=O)c2)n1. The van der Waals surface area contributed by atoms with Crippen LogP contribution >= 0.6 is 0 Å². The number of pyridine rings is 1. The number of piperidine rings is 1. The normalized spacial score (nSPS) is 18.0. The second kappa shape index (κ2) is 6.63. The van der Waals surface area contributed by atoms with Crippen LogP contribution in [0.4, 0.5) is 0 Å². The minimum Gasteiger partial charge on any atom is -0.334 e. The average Bonchev–Trinajstić information content (AvgIpc) is 2.87. The molecule has 1 fully saturated rings. The van der Waals surface area contributed by atoms with Crippen molar-refractivity contribution in [1.29, 1.82) is 0 Å². The van der Waals surface area contributed by atoms with Crippen LogP contribution in [0.5, 0.6) is 0 Å². The lowest BCUT2D eigenvalue weighted by atomic mass is 10.0. The molecule has 2 aromatic heterocycles. The number of rotatable bonds is 3. The van der Waals surface area contributed by atoms with E-state index >= 15 is 0 Å². The Morgan fingerprint density at radius 3 is 2.75 bits per heavy atom. The summed E-state index contributed by atoms with van der Waals surface area (Å²) in [5.41, 5.74) is 2.41. The lowest BCUT2D eigenvalue weighted by Gasteiger charge is -2.36. The van der Waals surface area contributed by atoms with Crippen molar-refractivity contribution in [2.45, 2.75) is 45.7 Å². The summed E-state index contributed by atoms with van der Waals surface area (Å²) < 4.78 is 3.45. The van der Waals surface area contributed by atoms with Crippen LogP contribution in [0.25, 0.3) is 0 Å². The van der Waals surface area contributed by atoms with Gasteiger partial charge in [0, 0.05) is 37.1 Å². The topological polar surface area (TPSA) is 60.1 Å². The maximum atomic E-state index is 12.9. The predicted molar refractivity (Wildman–Crippen MR) is 92.1 cm³/mol. The van der Waals surface area contributed by atoms with E-state index in [1.807, 2.05) is 23.4 Å². The van der Waals surface area contributed by atoms with E-state index in [-0.39, 0.29) is 17.5 Å². The van der Waals surface area contributed by atoms with Gasteiger partial charge in [-0.25, -0.2) is 0 Å². The number of hydrogen-bond donors (Lipinski definition) is 0. The summed E-state index contributed by atoms with van der Waals surface area (Å²) in [5, 5.41) is 4.52. The number of carbonyl (C=O) groups is 1. The van der Waals surface area contributed by atoms with Gasteiger partial charge >= 0.3 is 0 Å². The van der Waals surface area contributed by atoms with Gasteiger partial charge in [0.25, 0.3) is 11.5 Å². The van der Waals surface area contributed by atoms with E-state index in [0.29, 0.717) is 12.1 Å². The zero-order chi connectivity index (χ0) is 17.3. The average molecular weight is 328 g/mol. The van der Waals surface area contributed by atoms with Crippen LogP contribution in [-0.2, 0) is 13.6 Å². The zero-order valence-electron chi connectivity index (χ0n) is 14.5. The molecular formula is C18H24N4O2. The molecule has 0 saturated carbocycles. The molecule has 3 heterocycles. The molecule has 0 bridgehead atoms. The van der Waals surface area contributed by atoms with Gasteiger partial charge in [-0.1, -0.05) is 0 Å². The molecule has 0 radical (unpaired) electrons. The van der Waals surface area contributed by atoms with Crippen molar-refractivity contribution in [1.82, 2.24) is 19.2 Å². The molecular weight excluding hydrogens is 304 g/mol. The van der Waals surface area contributed by atoms with E-state index < -0.39 is 0 Å². The lowest BCUT2D eigenvalue weighted by molar-refractivity contribution is 0.0582. The highest BCUT2D eigenvalue weighted by Gasteiger charge is 2.28. The first-order valence-corrected chi connectivity index (χ1v) is 8.44. The van der Waals surface area contributed by atoms with E-state index in [0.717, 1.165) is 37.2 Å². The molecule has 2 aromatic rings. The number of amides is 1. The third-order valence-corrected chi connectivity index (χ3v) is 4.73. The van der Waals surface area contributed by atoms with E-state index in [2.05, 4.69) is 11.2 Å². The first kappa shape index (κ1) is 16.5. The molecule has 1 atom stereocenters. The molecule has 6 nitrogen and oxygen atoms in total. The number of likely N-dealkylation sites (tertiary alicyclic amines) is 1. The van der Waals surface area contributed by atoms with Gasteiger partial charge in [0.15, 0.2) is 0 Å². The van der Waals surface area contributed by atoms with E-state index in [9.17, 15) is 9.59 Å². The van der Waals surface area contributed by atoms with Crippen LogP contribution in [-0.4, -0.2) is 37.7 Å². The molecule has 1 aliphatic rings. The third-order valence-electron chi connectivity index (χ3n) is 4.73. The molecule has 0 spiro atoms. The summed E-state index contributed by atoms with van der Waals surface area (Å²) in [7, 11) is 1.68. The Bertz CT molecular complexity index is 806. The highest BCUT2D eigenvalue weighted by atomic mass is 16.2. The summed E-state index contributed by atoms with van der Waals surface area (Å²) in [6.07, 6.45) is 4.74. The van der Waals surface area contributed by atoms with Gasteiger partial charge in [-0.15, -0.1) is 0 Å². The molecule has 24 heavy (non-hydrogen) atoms. The third kappa shape index (κ3) is 3.27. The molecule has 128 valence electrons. The van der Waals surface area contributed by atoms with E-state index in [4.69, 9.17) is 0 Å². The van der Waals surface area contributed by atoms with Crippen molar-refractivity contribution in [3.8, 4) is 0 Å². The highest BCUT2D eigenvalue weighted by molar-refractivity contribution is 5.94. The molecule has 0 aliphatic carbocycles. The Balaban J connectivity index is 1.83. The number of carbonyl (C=O) groups excluding carboxylic acids is 1. The molecule has 0 N–H and O–H groups in total. The molecule has 3 rings (SSSR count). The van der Waals surface area contributed by atoms with Crippen LogP contribution in [0.15, 0.2) is 29.2 Å². The lowest BCUT2D eigenvalue weighted by Crippen LogP contribution is -2.46. The van der Waals surface area contributed by atoms with Crippen molar-refractivity contribution < 1.29 is 4.79 Å². The van der Waals surface area contributed by atoms with Gasteiger partial charge in [-0.05, 0) is 45.2 Å². The van der Waals surface area contributed by atoms with Crippen molar-refractivity contribution in [3.05, 3.63) is 51.7 Å². The fourth-order valence-corrected chi connectivity index (χ4v) is 3.36. The van der Waals surface area contributed by atoms with Crippen LogP contribution in [0.3, 0.4) is 0 Å². The number of aromatic nitrogens is 3. The monoisotopic (exact) mass is 328 g/mol. The zero-order valence-corrected chi connectivity index (χ0v) is 14.5. The maximum Gasteiger partial charge on any atom is 0.254 e. The minimum atomic E-state index is -0.159. The van der Waals surface area contributed by atoms with Crippen molar-refractivity contribution >= 4 is 5.91 Å². The minimum absolute atomic E-state index is 0.0565.